The van der Waals surface area contributed by atoms with E-state index in [1.807, 2.05) is 27.7 Å². The molecule has 0 aliphatic heterocycles. The fourth-order valence-corrected chi connectivity index (χ4v) is 1.09. The molecule has 3 nitrogen and oxygen atoms in total. The minimum absolute atomic E-state index is 0.261. The predicted octanol–water partition coefficient (Wildman–Crippen LogP) is 2.84. The van der Waals surface area contributed by atoms with Crippen molar-refractivity contribution in [3.63, 3.8) is 0 Å². The Kier molecular flexibility index (Phi) is 8.82. The topological polar surface area (TPSA) is 49.7 Å². The van der Waals surface area contributed by atoms with Gasteiger partial charge < -0.3 is 14.9 Å². The van der Waals surface area contributed by atoms with Gasteiger partial charge in [0.25, 0.3) is 0 Å². The fraction of sp³-hybridized carbons (Fsp3) is 0.714. The first-order chi connectivity index (χ1) is 7.95. The molecule has 2 unspecified atom stereocenters. The van der Waals surface area contributed by atoms with Crippen molar-refractivity contribution >= 4 is 0 Å². The van der Waals surface area contributed by atoms with Gasteiger partial charge in [0.1, 0.15) is 0 Å². The quantitative estimate of drug-likeness (QED) is 0.643. The van der Waals surface area contributed by atoms with Crippen molar-refractivity contribution in [2.75, 3.05) is 0 Å². The number of ether oxygens (including phenoxy) is 1. The molecule has 0 aromatic rings. The third-order valence-corrected chi connectivity index (χ3v) is 2.64. The van der Waals surface area contributed by atoms with Gasteiger partial charge in [0.15, 0.2) is 0 Å². The molecule has 0 rings (SSSR count). The summed E-state index contributed by atoms with van der Waals surface area (Å²) >= 11 is 0. The van der Waals surface area contributed by atoms with Gasteiger partial charge in [-0.25, -0.2) is 0 Å². The highest BCUT2D eigenvalue weighted by Crippen LogP contribution is 2.07. The second-order valence-corrected chi connectivity index (χ2v) is 4.97. The zero-order valence-electron chi connectivity index (χ0n) is 11.3. The third kappa shape index (κ3) is 8.95. The van der Waals surface area contributed by atoms with E-state index in [9.17, 15) is 10.2 Å². The van der Waals surface area contributed by atoms with E-state index in [-0.39, 0.29) is 24.0 Å². The van der Waals surface area contributed by atoms with E-state index in [0.29, 0.717) is 12.8 Å². The van der Waals surface area contributed by atoms with Crippen LogP contribution < -0.4 is 0 Å². The van der Waals surface area contributed by atoms with E-state index in [0.717, 1.165) is 0 Å². The lowest BCUT2D eigenvalue weighted by Crippen LogP contribution is -2.13. The molecule has 0 aromatic carbocycles. The zero-order valence-corrected chi connectivity index (χ0v) is 11.3. The zero-order chi connectivity index (χ0) is 13.3. The SMILES string of the molecule is CC(C)C(O)CC=COC=CCC(O)C(C)C. The van der Waals surface area contributed by atoms with Crippen LogP contribution in [0.25, 0.3) is 0 Å². The van der Waals surface area contributed by atoms with Gasteiger partial charge in [0.2, 0.25) is 0 Å². The van der Waals surface area contributed by atoms with Crippen molar-refractivity contribution in [1.29, 1.82) is 0 Å². The van der Waals surface area contributed by atoms with Gasteiger partial charge in [-0.05, 0) is 36.8 Å². The van der Waals surface area contributed by atoms with E-state index >= 15 is 0 Å². The average Bonchev–Trinajstić information content (AvgIpc) is 2.26. The molecular weight excluding hydrogens is 216 g/mol. The molecule has 100 valence electrons. The van der Waals surface area contributed by atoms with Crippen LogP contribution in [0, 0.1) is 11.8 Å². The molecule has 2 N–H and O–H groups in total. The maximum atomic E-state index is 9.51. The first kappa shape index (κ1) is 16.2. The lowest BCUT2D eigenvalue weighted by atomic mass is 10.0. The Balaban J connectivity index is 3.63. The van der Waals surface area contributed by atoms with Gasteiger partial charge in [0.05, 0.1) is 24.7 Å². The standard InChI is InChI=1S/C14H26O3/c1-11(2)13(15)7-5-9-17-10-6-8-14(16)12(3)4/h5-6,9-16H,7-8H2,1-4H3. The summed E-state index contributed by atoms with van der Waals surface area (Å²) in [6.07, 6.45) is 7.28. The molecule has 3 heteroatoms. The predicted molar refractivity (Wildman–Crippen MR) is 70.3 cm³/mol. The van der Waals surface area contributed by atoms with Crippen molar-refractivity contribution in [3.8, 4) is 0 Å². The van der Waals surface area contributed by atoms with Gasteiger partial charge in [0, 0.05) is 0 Å². The second kappa shape index (κ2) is 9.25. The Labute approximate surface area is 105 Å². The van der Waals surface area contributed by atoms with Gasteiger partial charge in [-0.3, -0.25) is 0 Å². The van der Waals surface area contributed by atoms with Crippen molar-refractivity contribution < 1.29 is 14.9 Å². The maximum absolute atomic E-state index is 9.51. The summed E-state index contributed by atoms with van der Waals surface area (Å²) in [5.74, 6) is 0.521. The molecule has 0 amide bonds. The lowest BCUT2D eigenvalue weighted by Gasteiger charge is -2.11. The van der Waals surface area contributed by atoms with E-state index in [2.05, 4.69) is 0 Å². The van der Waals surface area contributed by atoms with Crippen LogP contribution in [0.3, 0.4) is 0 Å². The Morgan fingerprint density at radius 3 is 1.47 bits per heavy atom. The highest BCUT2D eigenvalue weighted by molar-refractivity contribution is 4.84. The smallest absolute Gasteiger partial charge is 0.0862 e. The second-order valence-electron chi connectivity index (χ2n) is 4.97. The highest BCUT2D eigenvalue weighted by atomic mass is 16.5. The normalized spacial score (nSPS) is 16.2. The molecule has 0 saturated carbocycles. The molecular formula is C14H26O3. The van der Waals surface area contributed by atoms with Crippen LogP contribution in [0.15, 0.2) is 24.7 Å². The average molecular weight is 242 g/mol. The Bertz CT molecular complexity index is 208. The molecule has 0 saturated heterocycles. The van der Waals surface area contributed by atoms with Crippen LogP contribution in [-0.2, 0) is 4.74 Å². The van der Waals surface area contributed by atoms with E-state index in [1.165, 1.54) is 0 Å². The number of aliphatic hydroxyl groups excluding tert-OH is 2. The summed E-state index contributed by atoms with van der Waals surface area (Å²) < 4.78 is 5.11. The molecule has 0 bridgehead atoms. The molecule has 0 aromatic heterocycles. The molecule has 0 radical (unpaired) electrons. The van der Waals surface area contributed by atoms with E-state index < -0.39 is 0 Å². The first-order valence-electron chi connectivity index (χ1n) is 6.26. The van der Waals surface area contributed by atoms with Gasteiger partial charge >= 0.3 is 0 Å². The summed E-state index contributed by atoms with van der Waals surface area (Å²) in [6, 6.07) is 0. The van der Waals surface area contributed by atoms with Crippen LogP contribution in [0.5, 0.6) is 0 Å². The minimum atomic E-state index is -0.318. The van der Waals surface area contributed by atoms with E-state index in [1.54, 1.807) is 24.7 Å². The lowest BCUT2D eigenvalue weighted by molar-refractivity contribution is 0.127. The van der Waals surface area contributed by atoms with Crippen LogP contribution in [0.2, 0.25) is 0 Å². The molecule has 2 atom stereocenters. The fourth-order valence-electron chi connectivity index (χ4n) is 1.09. The molecule has 17 heavy (non-hydrogen) atoms. The Morgan fingerprint density at radius 2 is 1.18 bits per heavy atom. The monoisotopic (exact) mass is 242 g/mol. The number of hydrogen-bond donors (Lipinski definition) is 2. The summed E-state index contributed by atoms with van der Waals surface area (Å²) in [4.78, 5) is 0. The first-order valence-corrected chi connectivity index (χ1v) is 6.26. The molecule has 0 aliphatic rings. The van der Waals surface area contributed by atoms with Crippen molar-refractivity contribution in [1.82, 2.24) is 0 Å². The van der Waals surface area contributed by atoms with Crippen LogP contribution in [-0.4, -0.2) is 22.4 Å². The number of aliphatic hydroxyl groups is 2. The van der Waals surface area contributed by atoms with Crippen molar-refractivity contribution in [2.24, 2.45) is 11.8 Å². The van der Waals surface area contributed by atoms with Crippen LogP contribution in [0.1, 0.15) is 40.5 Å². The largest absolute Gasteiger partial charge is 0.473 e. The molecule has 0 heterocycles. The Morgan fingerprint density at radius 1 is 0.824 bits per heavy atom. The minimum Gasteiger partial charge on any atom is -0.473 e. The summed E-state index contributed by atoms with van der Waals surface area (Å²) in [6.45, 7) is 7.91. The summed E-state index contributed by atoms with van der Waals surface area (Å²) in [5, 5.41) is 19.0. The number of rotatable bonds is 8. The summed E-state index contributed by atoms with van der Waals surface area (Å²) in [7, 11) is 0. The molecule has 0 aliphatic carbocycles. The molecule has 0 spiro atoms. The van der Waals surface area contributed by atoms with Gasteiger partial charge in [-0.2, -0.15) is 0 Å². The highest BCUT2D eigenvalue weighted by Gasteiger charge is 2.06. The summed E-state index contributed by atoms with van der Waals surface area (Å²) in [5.41, 5.74) is 0. The van der Waals surface area contributed by atoms with E-state index in [4.69, 9.17) is 4.74 Å². The number of hydrogen-bond acceptors (Lipinski definition) is 3. The van der Waals surface area contributed by atoms with Gasteiger partial charge in [-0.15, -0.1) is 0 Å². The maximum Gasteiger partial charge on any atom is 0.0862 e. The Hall–Kier alpha value is -0.800. The van der Waals surface area contributed by atoms with Crippen LogP contribution >= 0.6 is 0 Å². The van der Waals surface area contributed by atoms with Gasteiger partial charge in [-0.1, -0.05) is 27.7 Å². The van der Waals surface area contributed by atoms with Crippen LogP contribution in [0.4, 0.5) is 0 Å². The van der Waals surface area contributed by atoms with Crippen molar-refractivity contribution in [3.05, 3.63) is 24.7 Å². The molecule has 0 fully saturated rings. The van der Waals surface area contributed by atoms with Crippen molar-refractivity contribution in [2.45, 2.75) is 52.7 Å². The third-order valence-electron chi connectivity index (χ3n) is 2.64.